The van der Waals surface area contributed by atoms with Crippen LogP contribution in [0.4, 0.5) is 15.8 Å². The van der Waals surface area contributed by atoms with E-state index in [4.69, 9.17) is 4.74 Å². The number of pyridine rings is 2. The van der Waals surface area contributed by atoms with Gasteiger partial charge in [-0.3, -0.25) is 14.7 Å². The topological polar surface area (TPSA) is 84.9 Å². The van der Waals surface area contributed by atoms with E-state index in [2.05, 4.69) is 36.8 Å². The van der Waals surface area contributed by atoms with Gasteiger partial charge < -0.3 is 24.6 Å². The van der Waals surface area contributed by atoms with E-state index in [9.17, 15) is 14.3 Å². The summed E-state index contributed by atoms with van der Waals surface area (Å²) in [5.74, 6) is -0.00822. The van der Waals surface area contributed by atoms with E-state index in [-0.39, 0.29) is 16.6 Å². The Kier molecular flexibility index (Phi) is 6.08. The Morgan fingerprint density at radius 3 is 2.59 bits per heavy atom. The standard InChI is InChI=1S/C28H30FN5O3/c1-37-20-15-18-3-2-7-30-26(18)22(16-20)33-13-11-32(12-14-33)19-5-9-34(10-6-19)28-24(36)17-21(29)25-23(35)4-8-31-27(25)28/h2-4,7-8,15-17,19,36H,5-6,9-14H2,1H3,(H,31,35). The number of hydrogen-bond donors (Lipinski definition) is 2. The molecular formula is C28H30FN5O3. The maximum Gasteiger partial charge on any atom is 0.192 e. The molecule has 2 aliphatic heterocycles. The zero-order chi connectivity index (χ0) is 25.5. The molecule has 8 nitrogen and oxygen atoms in total. The van der Waals surface area contributed by atoms with Crippen LogP contribution >= 0.6 is 0 Å². The lowest BCUT2D eigenvalue weighted by Crippen LogP contribution is -2.53. The Morgan fingerprint density at radius 1 is 1.05 bits per heavy atom. The van der Waals surface area contributed by atoms with E-state index in [1.165, 1.54) is 12.3 Å². The van der Waals surface area contributed by atoms with Crippen molar-refractivity contribution < 1.29 is 14.2 Å². The van der Waals surface area contributed by atoms with Gasteiger partial charge in [-0.25, -0.2) is 4.39 Å². The van der Waals surface area contributed by atoms with Gasteiger partial charge in [0.1, 0.15) is 23.0 Å². The SMILES string of the molecule is COc1cc(N2CCN(C3CCN(c4c(O)cc(F)c5c(=O)cc[nH]c45)CC3)CC2)c2ncccc2c1. The third-order valence-electron chi connectivity index (χ3n) is 7.79. The van der Waals surface area contributed by atoms with Crippen molar-refractivity contribution in [2.45, 2.75) is 18.9 Å². The van der Waals surface area contributed by atoms with Gasteiger partial charge in [-0.2, -0.15) is 0 Å². The number of piperazine rings is 1. The van der Waals surface area contributed by atoms with Gasteiger partial charge >= 0.3 is 0 Å². The van der Waals surface area contributed by atoms with Crippen LogP contribution in [0.5, 0.6) is 11.5 Å². The average molecular weight is 504 g/mol. The van der Waals surface area contributed by atoms with Crippen molar-refractivity contribution in [3.05, 3.63) is 64.8 Å². The number of fused-ring (bicyclic) bond motifs is 2. The molecule has 6 rings (SSSR count). The Morgan fingerprint density at radius 2 is 1.84 bits per heavy atom. The first-order valence-electron chi connectivity index (χ1n) is 12.7. The summed E-state index contributed by atoms with van der Waals surface area (Å²) in [6.45, 7) is 5.16. The van der Waals surface area contributed by atoms with E-state index in [0.717, 1.165) is 80.5 Å². The minimum Gasteiger partial charge on any atom is -0.506 e. The number of hydrogen-bond acceptors (Lipinski definition) is 7. The van der Waals surface area contributed by atoms with Crippen molar-refractivity contribution in [1.29, 1.82) is 0 Å². The molecule has 2 fully saturated rings. The molecule has 192 valence electrons. The smallest absolute Gasteiger partial charge is 0.192 e. The molecule has 2 aliphatic rings. The highest BCUT2D eigenvalue weighted by Gasteiger charge is 2.30. The number of nitrogens with one attached hydrogen (secondary N) is 1. The molecule has 2 aromatic carbocycles. The van der Waals surface area contributed by atoms with Gasteiger partial charge in [0.15, 0.2) is 5.43 Å². The lowest BCUT2D eigenvalue weighted by Gasteiger charge is -2.44. The maximum atomic E-state index is 14.4. The van der Waals surface area contributed by atoms with Crippen molar-refractivity contribution in [2.24, 2.45) is 0 Å². The van der Waals surface area contributed by atoms with Crippen LogP contribution in [-0.4, -0.2) is 72.4 Å². The highest BCUT2D eigenvalue weighted by molar-refractivity contribution is 5.94. The van der Waals surface area contributed by atoms with Crippen LogP contribution in [0.1, 0.15) is 12.8 Å². The molecule has 0 radical (unpaired) electrons. The molecule has 4 heterocycles. The van der Waals surface area contributed by atoms with Gasteiger partial charge in [-0.15, -0.1) is 0 Å². The monoisotopic (exact) mass is 503 g/mol. The summed E-state index contributed by atoms with van der Waals surface area (Å²) in [5, 5.41) is 11.6. The third-order valence-corrected chi connectivity index (χ3v) is 7.79. The number of methoxy groups -OCH3 is 1. The van der Waals surface area contributed by atoms with Gasteiger partial charge in [-0.05, 0) is 25.0 Å². The number of rotatable bonds is 4. The molecule has 2 aromatic heterocycles. The van der Waals surface area contributed by atoms with E-state index in [0.29, 0.717) is 17.2 Å². The summed E-state index contributed by atoms with van der Waals surface area (Å²) in [7, 11) is 1.69. The van der Waals surface area contributed by atoms with Gasteiger partial charge in [0.05, 0.1) is 29.2 Å². The van der Waals surface area contributed by atoms with Crippen molar-refractivity contribution in [2.75, 3.05) is 56.2 Å². The maximum absolute atomic E-state index is 14.4. The number of anilines is 2. The Labute approximate surface area is 213 Å². The van der Waals surface area contributed by atoms with Crippen LogP contribution in [0.3, 0.4) is 0 Å². The predicted molar refractivity (Wildman–Crippen MR) is 144 cm³/mol. The Bertz CT molecular complexity index is 1510. The Hall–Kier alpha value is -3.85. The molecule has 37 heavy (non-hydrogen) atoms. The molecule has 9 heteroatoms. The molecule has 0 aliphatic carbocycles. The van der Waals surface area contributed by atoms with Gasteiger partial charge in [-0.1, -0.05) is 6.07 Å². The van der Waals surface area contributed by atoms with Gasteiger partial charge in [0.2, 0.25) is 0 Å². The Balaban J connectivity index is 1.15. The quantitative estimate of drug-likeness (QED) is 0.439. The van der Waals surface area contributed by atoms with E-state index in [1.54, 1.807) is 7.11 Å². The summed E-state index contributed by atoms with van der Waals surface area (Å²) < 4.78 is 20.0. The summed E-state index contributed by atoms with van der Waals surface area (Å²) >= 11 is 0. The number of phenols is 1. The van der Waals surface area contributed by atoms with E-state index < -0.39 is 5.82 Å². The lowest BCUT2D eigenvalue weighted by molar-refractivity contribution is 0.160. The second-order valence-corrected chi connectivity index (χ2v) is 9.78. The van der Waals surface area contributed by atoms with Crippen LogP contribution < -0.4 is 20.0 Å². The number of phenolic OH excluding ortho intramolecular Hbond substituents is 1. The van der Waals surface area contributed by atoms with Crippen LogP contribution in [0, 0.1) is 5.82 Å². The molecule has 2 N–H and O–H groups in total. The summed E-state index contributed by atoms with van der Waals surface area (Å²) in [5.41, 5.74) is 2.58. The number of aromatic nitrogens is 2. The first kappa shape index (κ1) is 23.5. The zero-order valence-corrected chi connectivity index (χ0v) is 20.8. The predicted octanol–water partition coefficient (Wildman–Crippen LogP) is 3.72. The molecule has 0 bridgehead atoms. The molecule has 0 unspecified atom stereocenters. The normalized spacial score (nSPS) is 17.6. The van der Waals surface area contributed by atoms with Crippen LogP contribution in [-0.2, 0) is 0 Å². The first-order chi connectivity index (χ1) is 18.0. The minimum absolute atomic E-state index is 0.00639. The lowest BCUT2D eigenvalue weighted by atomic mass is 10.0. The number of ether oxygens (including phenoxy) is 1. The van der Waals surface area contributed by atoms with Crippen LogP contribution in [0.25, 0.3) is 21.8 Å². The molecule has 0 saturated carbocycles. The van der Waals surface area contributed by atoms with Crippen LogP contribution in [0.2, 0.25) is 0 Å². The fraction of sp³-hybridized carbons (Fsp3) is 0.357. The molecular weight excluding hydrogens is 473 g/mol. The van der Waals surface area contributed by atoms with Gasteiger partial charge in [0, 0.05) is 81.3 Å². The third kappa shape index (κ3) is 4.23. The van der Waals surface area contributed by atoms with Gasteiger partial charge in [0.25, 0.3) is 0 Å². The summed E-state index contributed by atoms with van der Waals surface area (Å²) in [6, 6.07) is 10.9. The molecule has 0 atom stereocenters. The average Bonchev–Trinajstić information content (AvgIpc) is 2.93. The molecule has 4 aromatic rings. The van der Waals surface area contributed by atoms with Crippen LogP contribution in [0.15, 0.2) is 53.6 Å². The molecule has 2 saturated heterocycles. The van der Waals surface area contributed by atoms with Crippen molar-refractivity contribution in [1.82, 2.24) is 14.9 Å². The highest BCUT2D eigenvalue weighted by Crippen LogP contribution is 2.37. The number of nitrogens with zero attached hydrogens (tertiary/aromatic N) is 4. The zero-order valence-electron chi connectivity index (χ0n) is 20.8. The highest BCUT2D eigenvalue weighted by atomic mass is 19.1. The second kappa shape index (κ2) is 9.55. The number of aromatic amines is 1. The van der Waals surface area contributed by atoms with Crippen molar-refractivity contribution in [3.8, 4) is 11.5 Å². The molecule has 0 amide bonds. The summed E-state index contributed by atoms with van der Waals surface area (Å²) in [6.07, 6.45) is 5.19. The number of piperidine rings is 1. The number of aromatic hydroxyl groups is 1. The second-order valence-electron chi connectivity index (χ2n) is 9.78. The number of H-pyrrole nitrogens is 1. The fourth-order valence-corrected chi connectivity index (χ4v) is 5.90. The van der Waals surface area contributed by atoms with Crippen molar-refractivity contribution in [3.63, 3.8) is 0 Å². The number of halogens is 1. The van der Waals surface area contributed by atoms with Crippen molar-refractivity contribution >= 4 is 33.2 Å². The fourth-order valence-electron chi connectivity index (χ4n) is 5.90. The minimum atomic E-state index is -0.704. The molecule has 0 spiro atoms. The van der Waals surface area contributed by atoms with E-state index >= 15 is 0 Å². The summed E-state index contributed by atoms with van der Waals surface area (Å²) in [4.78, 5) is 26.9. The number of benzene rings is 2. The largest absolute Gasteiger partial charge is 0.506 e. The van der Waals surface area contributed by atoms with E-state index in [1.807, 2.05) is 18.3 Å². The first-order valence-corrected chi connectivity index (χ1v) is 12.7.